The zero-order valence-corrected chi connectivity index (χ0v) is 20.6. The van der Waals surface area contributed by atoms with Gasteiger partial charge in [0.05, 0.1) is 40.0 Å². The second-order valence-electron chi connectivity index (χ2n) is 7.45. The van der Waals surface area contributed by atoms with Crippen molar-refractivity contribution in [2.75, 3.05) is 28.9 Å². The summed E-state index contributed by atoms with van der Waals surface area (Å²) in [5.41, 5.74) is 3.28. The van der Waals surface area contributed by atoms with E-state index in [-0.39, 0.29) is 46.6 Å². The van der Waals surface area contributed by atoms with Crippen LogP contribution in [0, 0.1) is 5.82 Å². The Labute approximate surface area is 209 Å². The normalized spacial score (nSPS) is 15.9. The molecule has 2 amide bonds. The van der Waals surface area contributed by atoms with E-state index in [0.717, 1.165) is 26.9 Å². The van der Waals surface area contributed by atoms with Crippen molar-refractivity contribution >= 4 is 49.1 Å². The highest BCUT2D eigenvalue weighted by molar-refractivity contribution is 7.92. The molecule has 1 fully saturated rings. The second-order valence-corrected chi connectivity index (χ2v) is 12.0. The maximum Gasteiger partial charge on any atom is 0.317 e. The van der Waals surface area contributed by atoms with Crippen molar-refractivity contribution in [2.24, 2.45) is 0 Å². The van der Waals surface area contributed by atoms with Gasteiger partial charge in [0.2, 0.25) is 0 Å². The molecule has 11 nitrogen and oxygen atoms in total. The number of hydrazine groups is 1. The van der Waals surface area contributed by atoms with Crippen LogP contribution < -0.4 is 15.2 Å². The van der Waals surface area contributed by atoms with Gasteiger partial charge in [0.15, 0.2) is 9.84 Å². The lowest BCUT2D eigenvalue weighted by molar-refractivity contribution is -0.132. The average molecular weight is 570 g/mol. The van der Waals surface area contributed by atoms with Gasteiger partial charge in [-0.3, -0.25) is 29.7 Å². The van der Waals surface area contributed by atoms with Gasteiger partial charge in [-0.05, 0) is 30.3 Å². The zero-order chi connectivity index (χ0) is 26.7. The maximum absolute atomic E-state index is 13.7. The summed E-state index contributed by atoms with van der Waals surface area (Å²) < 4.78 is 90.3. The molecule has 2 heterocycles. The molecule has 2 aromatic rings. The Morgan fingerprint density at radius 3 is 2.36 bits per heavy atom. The third-order valence-corrected chi connectivity index (χ3v) is 8.80. The molecule has 0 spiro atoms. The minimum atomic E-state index is -4.32. The molecule has 2 N–H and O–H groups in total. The van der Waals surface area contributed by atoms with Gasteiger partial charge < -0.3 is 0 Å². The number of nitrogens with one attached hydrogen (secondary N) is 2. The molecule has 1 aromatic heterocycles. The molecule has 196 valence electrons. The number of carbonyl (C=O) groups is 2. The number of hydrogen-bond acceptors (Lipinski definition) is 7. The molecule has 3 rings (SSSR count). The number of nitrogens with zero attached hydrogens (tertiary/aromatic N) is 3. The van der Waals surface area contributed by atoms with Crippen LogP contribution in [-0.4, -0.2) is 69.0 Å². The Bertz CT molecular complexity index is 1350. The van der Waals surface area contributed by atoms with Gasteiger partial charge in [0.1, 0.15) is 5.82 Å². The molecule has 0 bridgehead atoms. The Balaban J connectivity index is 1.85. The van der Waals surface area contributed by atoms with Crippen LogP contribution in [0.25, 0.3) is 0 Å². The first-order chi connectivity index (χ1) is 16.8. The lowest BCUT2D eigenvalue weighted by Gasteiger charge is -2.33. The Morgan fingerprint density at radius 2 is 1.81 bits per heavy atom. The van der Waals surface area contributed by atoms with Crippen molar-refractivity contribution < 1.29 is 39.6 Å². The predicted molar refractivity (Wildman–Crippen MR) is 123 cm³/mol. The predicted octanol–water partition coefficient (Wildman–Crippen LogP) is 0.882. The number of anilines is 1. The van der Waals surface area contributed by atoms with Crippen molar-refractivity contribution in [3.8, 4) is 0 Å². The van der Waals surface area contributed by atoms with Crippen LogP contribution in [0.4, 0.5) is 18.9 Å². The Kier molecular flexibility index (Phi) is 8.43. The van der Waals surface area contributed by atoms with Gasteiger partial charge in [-0.1, -0.05) is 11.6 Å². The molecule has 36 heavy (non-hydrogen) atoms. The molecule has 1 aromatic carbocycles. The SMILES string of the molecule is O=C(NNC(=O)C(F)F)c1ccc(CN(c2ccc(F)c(Cl)c2)S(=O)(=O)N2CCS(=O)(=O)CC2)nc1. The summed E-state index contributed by atoms with van der Waals surface area (Å²) in [5, 5.41) is -0.347. The first kappa shape index (κ1) is 27.6. The molecule has 0 atom stereocenters. The molecule has 0 radical (unpaired) electrons. The highest BCUT2D eigenvalue weighted by Crippen LogP contribution is 2.28. The monoisotopic (exact) mass is 569 g/mol. The number of hydrogen-bond donors (Lipinski definition) is 2. The first-order valence-electron chi connectivity index (χ1n) is 10.1. The minimum absolute atomic E-state index is 0.0202. The molecule has 1 saturated heterocycles. The van der Waals surface area contributed by atoms with Gasteiger partial charge in [-0.15, -0.1) is 0 Å². The largest absolute Gasteiger partial charge is 0.317 e. The van der Waals surface area contributed by atoms with Crippen molar-refractivity contribution in [1.82, 2.24) is 20.1 Å². The third kappa shape index (κ3) is 6.63. The Morgan fingerprint density at radius 1 is 1.14 bits per heavy atom. The van der Waals surface area contributed by atoms with Gasteiger partial charge >= 0.3 is 22.5 Å². The van der Waals surface area contributed by atoms with Crippen molar-refractivity contribution in [1.29, 1.82) is 0 Å². The summed E-state index contributed by atoms with van der Waals surface area (Å²) in [5.74, 6) is -4.18. The van der Waals surface area contributed by atoms with Crippen molar-refractivity contribution in [2.45, 2.75) is 13.0 Å². The number of aromatic nitrogens is 1. The molecule has 1 aliphatic heterocycles. The van der Waals surface area contributed by atoms with E-state index >= 15 is 0 Å². The first-order valence-corrected chi connectivity index (χ1v) is 13.7. The summed E-state index contributed by atoms with van der Waals surface area (Å²) in [6.45, 7) is -0.975. The van der Waals surface area contributed by atoms with E-state index in [0.29, 0.717) is 0 Å². The number of pyridine rings is 1. The van der Waals surface area contributed by atoms with Crippen LogP contribution in [0.5, 0.6) is 0 Å². The number of rotatable bonds is 7. The fourth-order valence-electron chi connectivity index (χ4n) is 3.06. The van der Waals surface area contributed by atoms with E-state index in [1.165, 1.54) is 23.6 Å². The smallest absolute Gasteiger partial charge is 0.267 e. The van der Waals surface area contributed by atoms with E-state index < -0.39 is 50.6 Å². The van der Waals surface area contributed by atoms with Crippen LogP contribution in [0.1, 0.15) is 16.1 Å². The molecule has 17 heteroatoms. The standard InChI is InChI=1S/C19H19ClF3N5O6S2/c20-15-9-14(3-4-16(15)21)28(36(33,34)27-5-7-35(31,32)8-6-27)11-13-2-1-12(10-24-13)18(29)25-26-19(30)17(22)23/h1-4,9-10,17H,5-8,11H2,(H,25,29)(H,26,30). The third-order valence-electron chi connectivity index (χ3n) is 4.99. The number of halogens is 4. The van der Waals surface area contributed by atoms with Crippen LogP contribution in [0.2, 0.25) is 5.02 Å². The number of amides is 2. The molecule has 1 aliphatic rings. The Hall–Kier alpha value is -2.95. The fourth-order valence-corrected chi connectivity index (χ4v) is 6.26. The van der Waals surface area contributed by atoms with Gasteiger partial charge in [-0.25, -0.2) is 12.8 Å². The lowest BCUT2D eigenvalue weighted by atomic mass is 10.2. The zero-order valence-electron chi connectivity index (χ0n) is 18.2. The molecule has 0 unspecified atom stereocenters. The minimum Gasteiger partial charge on any atom is -0.267 e. The summed E-state index contributed by atoms with van der Waals surface area (Å²) in [4.78, 5) is 26.9. The quantitative estimate of drug-likeness (QED) is 0.471. The summed E-state index contributed by atoms with van der Waals surface area (Å²) in [6, 6.07) is 5.71. The van der Waals surface area contributed by atoms with Gasteiger partial charge in [-0.2, -0.15) is 21.5 Å². The number of alkyl halides is 2. The molecular weight excluding hydrogens is 551 g/mol. The lowest BCUT2D eigenvalue weighted by Crippen LogP contribution is -2.50. The fraction of sp³-hybridized carbons (Fsp3) is 0.316. The average Bonchev–Trinajstić information content (AvgIpc) is 2.82. The van der Waals surface area contributed by atoms with Gasteiger partial charge in [0, 0.05) is 19.3 Å². The summed E-state index contributed by atoms with van der Waals surface area (Å²) >= 11 is 5.83. The summed E-state index contributed by atoms with van der Waals surface area (Å²) in [7, 11) is -7.70. The number of carbonyl (C=O) groups excluding carboxylic acids is 2. The highest BCUT2D eigenvalue weighted by Gasteiger charge is 2.35. The number of sulfone groups is 1. The number of benzene rings is 1. The van der Waals surface area contributed by atoms with E-state index in [9.17, 15) is 39.6 Å². The second kappa shape index (κ2) is 11.0. The van der Waals surface area contributed by atoms with E-state index in [2.05, 4.69) is 4.98 Å². The molecule has 0 saturated carbocycles. The van der Waals surface area contributed by atoms with Crippen LogP contribution in [-0.2, 0) is 31.4 Å². The van der Waals surface area contributed by atoms with E-state index in [4.69, 9.17) is 11.6 Å². The topological polar surface area (TPSA) is 146 Å². The van der Waals surface area contributed by atoms with Crippen LogP contribution in [0.3, 0.4) is 0 Å². The van der Waals surface area contributed by atoms with Gasteiger partial charge in [0.25, 0.3) is 5.91 Å². The molecular formula is C19H19ClF3N5O6S2. The highest BCUT2D eigenvalue weighted by atomic mass is 35.5. The van der Waals surface area contributed by atoms with Crippen molar-refractivity contribution in [3.05, 3.63) is 58.6 Å². The van der Waals surface area contributed by atoms with Crippen LogP contribution >= 0.6 is 11.6 Å². The maximum atomic E-state index is 13.7. The van der Waals surface area contributed by atoms with Crippen LogP contribution in [0.15, 0.2) is 36.5 Å². The van der Waals surface area contributed by atoms with E-state index in [1.54, 1.807) is 5.43 Å². The van der Waals surface area contributed by atoms with E-state index in [1.807, 2.05) is 0 Å². The van der Waals surface area contributed by atoms with Crippen molar-refractivity contribution in [3.63, 3.8) is 0 Å². The summed E-state index contributed by atoms with van der Waals surface area (Å²) in [6.07, 6.45) is -2.31. The molecule has 0 aliphatic carbocycles.